The van der Waals surface area contributed by atoms with Gasteiger partial charge in [0.15, 0.2) is 0 Å². The third-order valence-electron chi connectivity index (χ3n) is 4.12. The third-order valence-corrected chi connectivity index (χ3v) is 4.12. The molecule has 108 valence electrons. The second kappa shape index (κ2) is 5.46. The van der Waals surface area contributed by atoms with Crippen LogP contribution in [0.4, 0.5) is 0 Å². The van der Waals surface area contributed by atoms with E-state index in [0.29, 0.717) is 0 Å². The Bertz CT molecular complexity index is 370. The van der Waals surface area contributed by atoms with Crippen LogP contribution in [0.1, 0.15) is 26.7 Å². The Kier molecular flexibility index (Phi) is 4.10. The number of rotatable bonds is 3. The van der Waals surface area contributed by atoms with Gasteiger partial charge in [0, 0.05) is 0 Å². The van der Waals surface area contributed by atoms with E-state index >= 15 is 0 Å². The lowest BCUT2D eigenvalue weighted by Crippen LogP contribution is -2.58. The molecule has 0 aliphatic carbocycles. The molecule has 0 aromatic heterocycles. The van der Waals surface area contributed by atoms with Crippen molar-refractivity contribution in [1.29, 1.82) is 0 Å². The van der Waals surface area contributed by atoms with Crippen molar-refractivity contribution in [2.45, 2.75) is 38.8 Å². The SMILES string of the molecule is CC1(C)CCCNC1C(=O)NC1COCC1C(=O)O. The van der Waals surface area contributed by atoms with Crippen molar-refractivity contribution >= 4 is 11.9 Å². The summed E-state index contributed by atoms with van der Waals surface area (Å²) in [6, 6.07) is -0.694. The van der Waals surface area contributed by atoms with E-state index < -0.39 is 17.9 Å². The summed E-state index contributed by atoms with van der Waals surface area (Å²) in [5.74, 6) is -1.68. The van der Waals surface area contributed by atoms with Crippen LogP contribution in [0.2, 0.25) is 0 Å². The Morgan fingerprint density at radius 2 is 2.11 bits per heavy atom. The molecule has 3 N–H and O–H groups in total. The van der Waals surface area contributed by atoms with Crippen molar-refractivity contribution in [3.05, 3.63) is 0 Å². The second-order valence-electron chi connectivity index (χ2n) is 6.08. The van der Waals surface area contributed by atoms with Crippen molar-refractivity contribution in [3.63, 3.8) is 0 Å². The Labute approximate surface area is 112 Å². The molecule has 6 nitrogen and oxygen atoms in total. The van der Waals surface area contributed by atoms with Crippen LogP contribution in [0.25, 0.3) is 0 Å². The number of piperidine rings is 1. The summed E-state index contributed by atoms with van der Waals surface area (Å²) in [5, 5.41) is 15.1. The van der Waals surface area contributed by atoms with Crippen molar-refractivity contribution in [2.24, 2.45) is 11.3 Å². The number of carbonyl (C=O) groups excluding carboxylic acids is 1. The van der Waals surface area contributed by atoms with E-state index in [4.69, 9.17) is 9.84 Å². The van der Waals surface area contributed by atoms with E-state index in [1.807, 2.05) is 0 Å². The lowest BCUT2D eigenvalue weighted by atomic mass is 9.77. The molecule has 2 rings (SSSR count). The number of carbonyl (C=O) groups is 2. The molecule has 1 amide bonds. The minimum Gasteiger partial charge on any atom is -0.481 e. The fraction of sp³-hybridized carbons (Fsp3) is 0.846. The number of hydrogen-bond donors (Lipinski definition) is 3. The van der Waals surface area contributed by atoms with Crippen LogP contribution in [-0.4, -0.2) is 48.8 Å². The Balaban J connectivity index is 1.98. The van der Waals surface area contributed by atoms with Crippen LogP contribution >= 0.6 is 0 Å². The summed E-state index contributed by atoms with van der Waals surface area (Å²) in [6.45, 7) is 5.38. The van der Waals surface area contributed by atoms with Gasteiger partial charge in [0.25, 0.3) is 0 Å². The van der Waals surface area contributed by atoms with Gasteiger partial charge in [-0.2, -0.15) is 0 Å². The fourth-order valence-electron chi connectivity index (χ4n) is 2.86. The van der Waals surface area contributed by atoms with Gasteiger partial charge in [-0.05, 0) is 24.8 Å². The van der Waals surface area contributed by atoms with Crippen LogP contribution in [0.15, 0.2) is 0 Å². The number of carboxylic acid groups (broad SMARTS) is 1. The summed E-state index contributed by atoms with van der Waals surface area (Å²) in [4.78, 5) is 23.4. The van der Waals surface area contributed by atoms with Crippen LogP contribution in [-0.2, 0) is 14.3 Å². The maximum absolute atomic E-state index is 12.3. The van der Waals surface area contributed by atoms with E-state index in [-0.39, 0.29) is 30.6 Å². The molecule has 3 unspecified atom stereocenters. The molecule has 0 spiro atoms. The second-order valence-corrected chi connectivity index (χ2v) is 6.08. The molecule has 0 saturated carbocycles. The molecule has 2 aliphatic rings. The summed E-state index contributed by atoms with van der Waals surface area (Å²) in [5.41, 5.74) is -0.111. The molecule has 2 aliphatic heterocycles. The first kappa shape index (κ1) is 14.3. The highest BCUT2D eigenvalue weighted by molar-refractivity contribution is 5.84. The standard InChI is InChI=1S/C13H22N2O4/c1-13(2)4-3-5-14-10(13)11(16)15-9-7-19-6-8(9)12(17)18/h8-10,14H,3-7H2,1-2H3,(H,15,16)(H,17,18). The summed E-state index contributed by atoms with van der Waals surface area (Å²) >= 11 is 0. The van der Waals surface area contributed by atoms with E-state index in [0.717, 1.165) is 19.4 Å². The maximum Gasteiger partial charge on any atom is 0.311 e. The lowest BCUT2D eigenvalue weighted by Gasteiger charge is -2.38. The summed E-state index contributed by atoms with van der Waals surface area (Å²) < 4.78 is 5.16. The molecule has 0 aromatic carbocycles. The van der Waals surface area contributed by atoms with Gasteiger partial charge in [-0.1, -0.05) is 13.8 Å². The molecule has 6 heteroatoms. The highest BCUT2D eigenvalue weighted by atomic mass is 16.5. The minimum absolute atomic E-state index is 0.111. The molecule has 0 radical (unpaired) electrons. The molecule has 3 atom stereocenters. The molecular formula is C13H22N2O4. The van der Waals surface area contributed by atoms with Gasteiger partial charge in [-0.3, -0.25) is 9.59 Å². The molecule has 19 heavy (non-hydrogen) atoms. The van der Waals surface area contributed by atoms with Gasteiger partial charge in [0.2, 0.25) is 5.91 Å². The molecule has 0 aromatic rings. The Morgan fingerprint density at radius 3 is 2.74 bits per heavy atom. The van der Waals surface area contributed by atoms with Gasteiger partial charge in [-0.15, -0.1) is 0 Å². The average molecular weight is 270 g/mol. The van der Waals surface area contributed by atoms with Crippen LogP contribution < -0.4 is 10.6 Å². The predicted octanol–water partition coefficient (Wildman–Crippen LogP) is -0.0196. The van der Waals surface area contributed by atoms with Gasteiger partial charge in [0.05, 0.1) is 25.3 Å². The first-order chi connectivity index (χ1) is 8.92. The van der Waals surface area contributed by atoms with Crippen LogP contribution in [0.5, 0.6) is 0 Å². The number of nitrogens with one attached hydrogen (secondary N) is 2. The highest BCUT2D eigenvalue weighted by Crippen LogP contribution is 2.30. The summed E-state index contributed by atoms with van der Waals surface area (Å²) in [7, 11) is 0. The van der Waals surface area contributed by atoms with Crippen molar-refractivity contribution in [3.8, 4) is 0 Å². The number of hydrogen-bond acceptors (Lipinski definition) is 4. The van der Waals surface area contributed by atoms with Crippen molar-refractivity contribution < 1.29 is 19.4 Å². The molecular weight excluding hydrogens is 248 g/mol. The largest absolute Gasteiger partial charge is 0.481 e. The van der Waals surface area contributed by atoms with Gasteiger partial charge in [0.1, 0.15) is 5.92 Å². The summed E-state index contributed by atoms with van der Waals surface area (Å²) in [6.07, 6.45) is 2.04. The minimum atomic E-state index is -0.918. The lowest BCUT2D eigenvalue weighted by molar-refractivity contribution is -0.142. The number of aliphatic carboxylic acids is 1. The molecule has 2 heterocycles. The zero-order valence-electron chi connectivity index (χ0n) is 11.4. The van der Waals surface area contributed by atoms with Gasteiger partial charge < -0.3 is 20.5 Å². The van der Waals surface area contributed by atoms with Crippen molar-refractivity contribution in [1.82, 2.24) is 10.6 Å². The topological polar surface area (TPSA) is 87.7 Å². The van der Waals surface area contributed by atoms with Crippen LogP contribution in [0, 0.1) is 11.3 Å². The quantitative estimate of drug-likeness (QED) is 0.671. The maximum atomic E-state index is 12.3. The fourth-order valence-corrected chi connectivity index (χ4v) is 2.86. The average Bonchev–Trinajstić information content (AvgIpc) is 2.76. The number of carboxylic acids is 1. The highest BCUT2D eigenvalue weighted by Gasteiger charge is 2.41. The van der Waals surface area contributed by atoms with E-state index in [9.17, 15) is 9.59 Å². The first-order valence-corrected chi connectivity index (χ1v) is 6.76. The Morgan fingerprint density at radius 1 is 1.37 bits per heavy atom. The molecule has 2 fully saturated rings. The molecule has 2 saturated heterocycles. The molecule has 0 bridgehead atoms. The first-order valence-electron chi connectivity index (χ1n) is 6.76. The predicted molar refractivity (Wildman–Crippen MR) is 68.7 cm³/mol. The zero-order valence-corrected chi connectivity index (χ0v) is 11.4. The third kappa shape index (κ3) is 3.06. The normalized spacial score (nSPS) is 33.9. The monoisotopic (exact) mass is 270 g/mol. The number of ether oxygens (including phenoxy) is 1. The zero-order chi connectivity index (χ0) is 14.0. The van der Waals surface area contributed by atoms with Crippen LogP contribution in [0.3, 0.4) is 0 Å². The smallest absolute Gasteiger partial charge is 0.311 e. The van der Waals surface area contributed by atoms with E-state index in [2.05, 4.69) is 24.5 Å². The van der Waals surface area contributed by atoms with E-state index in [1.165, 1.54) is 0 Å². The Hall–Kier alpha value is -1.14. The van der Waals surface area contributed by atoms with Crippen molar-refractivity contribution in [2.75, 3.05) is 19.8 Å². The van der Waals surface area contributed by atoms with Gasteiger partial charge >= 0.3 is 5.97 Å². The number of amides is 1. The van der Waals surface area contributed by atoms with E-state index in [1.54, 1.807) is 0 Å². The van der Waals surface area contributed by atoms with Gasteiger partial charge in [-0.25, -0.2) is 0 Å².